The molecule has 1 aromatic carbocycles. The third kappa shape index (κ3) is 3.16. The van der Waals surface area contributed by atoms with E-state index in [0.717, 1.165) is 5.56 Å². The van der Waals surface area contributed by atoms with E-state index in [0.29, 0.717) is 19.4 Å². The number of rotatable bonds is 5. The molecule has 4 heteroatoms. The van der Waals surface area contributed by atoms with Gasteiger partial charge in [0.25, 0.3) is 0 Å². The molecule has 1 atom stereocenters. The molecule has 4 nitrogen and oxygen atoms in total. The molecule has 0 bridgehead atoms. The first kappa shape index (κ1) is 16.5. The van der Waals surface area contributed by atoms with E-state index in [-0.39, 0.29) is 17.4 Å². The molecule has 0 unspecified atom stereocenters. The largest absolute Gasteiger partial charge is 0.465 e. The smallest absolute Gasteiger partial charge is 0.321 e. The number of amides is 1. The Balaban J connectivity index is 2.12. The van der Waals surface area contributed by atoms with Gasteiger partial charge in [0.2, 0.25) is 5.91 Å². The summed E-state index contributed by atoms with van der Waals surface area (Å²) in [5.74, 6) is -0.617. The van der Waals surface area contributed by atoms with Gasteiger partial charge in [-0.05, 0) is 37.7 Å². The predicted molar refractivity (Wildman–Crippen MR) is 85.1 cm³/mol. The van der Waals surface area contributed by atoms with Gasteiger partial charge in [0, 0.05) is 0 Å². The second kappa shape index (κ2) is 6.11. The van der Waals surface area contributed by atoms with Crippen LogP contribution < -0.4 is 5.32 Å². The van der Waals surface area contributed by atoms with Gasteiger partial charge in [0.1, 0.15) is 5.41 Å². The van der Waals surface area contributed by atoms with E-state index in [9.17, 15) is 9.59 Å². The SMILES string of the molecule is CCOC(=O)C1(C(=O)N[C@H](C)c2ccccc2)CC(C)(C)C1. The van der Waals surface area contributed by atoms with Gasteiger partial charge >= 0.3 is 5.97 Å². The van der Waals surface area contributed by atoms with Crippen molar-refractivity contribution in [2.45, 2.75) is 46.6 Å². The summed E-state index contributed by atoms with van der Waals surface area (Å²) in [6, 6.07) is 9.60. The van der Waals surface area contributed by atoms with Crippen molar-refractivity contribution < 1.29 is 14.3 Å². The topological polar surface area (TPSA) is 55.4 Å². The van der Waals surface area contributed by atoms with Crippen molar-refractivity contribution in [2.75, 3.05) is 6.61 Å². The van der Waals surface area contributed by atoms with Crippen molar-refractivity contribution in [2.24, 2.45) is 10.8 Å². The molecule has 22 heavy (non-hydrogen) atoms. The minimum absolute atomic E-state index is 0.0000857. The Morgan fingerprint density at radius 3 is 2.32 bits per heavy atom. The monoisotopic (exact) mass is 303 g/mol. The van der Waals surface area contributed by atoms with E-state index < -0.39 is 11.4 Å². The van der Waals surface area contributed by atoms with Crippen molar-refractivity contribution in [3.8, 4) is 0 Å². The molecule has 120 valence electrons. The zero-order valence-corrected chi connectivity index (χ0v) is 13.8. The molecule has 1 amide bonds. The fourth-order valence-electron chi connectivity index (χ4n) is 3.41. The van der Waals surface area contributed by atoms with Crippen molar-refractivity contribution in [3.63, 3.8) is 0 Å². The molecule has 1 fully saturated rings. The van der Waals surface area contributed by atoms with Crippen LogP contribution in [-0.2, 0) is 14.3 Å². The van der Waals surface area contributed by atoms with Gasteiger partial charge in [-0.15, -0.1) is 0 Å². The number of benzene rings is 1. The van der Waals surface area contributed by atoms with Gasteiger partial charge in [0.05, 0.1) is 12.6 Å². The standard InChI is InChI=1S/C18H25NO3/c1-5-22-16(21)18(11-17(3,4)12-18)15(20)19-13(2)14-9-7-6-8-10-14/h6-10,13H,5,11-12H2,1-4H3,(H,19,20)/t13-/m1/s1. The fraction of sp³-hybridized carbons (Fsp3) is 0.556. The highest BCUT2D eigenvalue weighted by atomic mass is 16.5. The van der Waals surface area contributed by atoms with Gasteiger partial charge < -0.3 is 10.1 Å². The summed E-state index contributed by atoms with van der Waals surface area (Å²) in [6.45, 7) is 8.12. The minimum atomic E-state index is -1.03. The van der Waals surface area contributed by atoms with Gasteiger partial charge in [-0.2, -0.15) is 0 Å². The maximum Gasteiger partial charge on any atom is 0.321 e. The van der Waals surface area contributed by atoms with E-state index in [1.54, 1.807) is 6.92 Å². The van der Waals surface area contributed by atoms with Crippen LogP contribution in [0.1, 0.15) is 52.1 Å². The lowest BCUT2D eigenvalue weighted by Gasteiger charge is -2.49. The minimum Gasteiger partial charge on any atom is -0.465 e. The van der Waals surface area contributed by atoms with Crippen LogP contribution in [0.2, 0.25) is 0 Å². The quantitative estimate of drug-likeness (QED) is 0.671. The van der Waals surface area contributed by atoms with Gasteiger partial charge in [0.15, 0.2) is 0 Å². The number of hydrogen-bond donors (Lipinski definition) is 1. The summed E-state index contributed by atoms with van der Waals surface area (Å²) >= 11 is 0. The molecule has 0 radical (unpaired) electrons. The highest BCUT2D eigenvalue weighted by Gasteiger charge is 2.60. The Morgan fingerprint density at radius 1 is 1.23 bits per heavy atom. The molecule has 1 aliphatic rings. The summed E-state index contributed by atoms with van der Waals surface area (Å²) < 4.78 is 5.15. The van der Waals surface area contributed by atoms with E-state index in [1.165, 1.54) is 0 Å². The molecule has 0 aliphatic heterocycles. The molecule has 0 saturated heterocycles. The van der Waals surface area contributed by atoms with Crippen LogP contribution in [-0.4, -0.2) is 18.5 Å². The van der Waals surface area contributed by atoms with Gasteiger partial charge in [-0.25, -0.2) is 0 Å². The van der Waals surface area contributed by atoms with Gasteiger partial charge in [-0.1, -0.05) is 44.2 Å². The third-order valence-corrected chi connectivity index (χ3v) is 4.31. The lowest BCUT2D eigenvalue weighted by atomic mass is 9.54. The number of carbonyl (C=O) groups excluding carboxylic acids is 2. The maximum absolute atomic E-state index is 12.7. The van der Waals surface area contributed by atoms with Gasteiger partial charge in [-0.3, -0.25) is 9.59 Å². The van der Waals surface area contributed by atoms with Crippen LogP contribution in [0.5, 0.6) is 0 Å². The summed E-state index contributed by atoms with van der Waals surface area (Å²) in [7, 11) is 0. The predicted octanol–water partition coefficient (Wildman–Crippen LogP) is 3.23. The highest BCUT2D eigenvalue weighted by Crippen LogP contribution is 2.55. The Kier molecular flexibility index (Phi) is 4.59. The van der Waals surface area contributed by atoms with Crippen LogP contribution in [0.4, 0.5) is 0 Å². The summed E-state index contributed by atoms with van der Waals surface area (Å²) in [4.78, 5) is 25.0. The Hall–Kier alpha value is -1.84. The molecule has 0 heterocycles. The van der Waals surface area contributed by atoms with Crippen molar-refractivity contribution >= 4 is 11.9 Å². The van der Waals surface area contributed by atoms with Crippen molar-refractivity contribution in [3.05, 3.63) is 35.9 Å². The molecule has 0 aromatic heterocycles. The zero-order chi connectivity index (χ0) is 16.4. The Bertz CT molecular complexity index is 543. The average Bonchev–Trinajstić information content (AvgIpc) is 2.45. The van der Waals surface area contributed by atoms with E-state index in [2.05, 4.69) is 19.2 Å². The molecule has 1 N–H and O–H groups in total. The summed E-state index contributed by atoms with van der Waals surface area (Å²) in [5.41, 5.74) is -0.00346. The zero-order valence-electron chi connectivity index (χ0n) is 13.8. The van der Waals surface area contributed by atoms with Crippen LogP contribution >= 0.6 is 0 Å². The second-order valence-corrected chi connectivity index (χ2v) is 6.93. The average molecular weight is 303 g/mol. The molecule has 1 saturated carbocycles. The Labute approximate surface area is 132 Å². The first-order valence-electron chi connectivity index (χ1n) is 7.84. The fourth-order valence-corrected chi connectivity index (χ4v) is 3.41. The van der Waals surface area contributed by atoms with Crippen molar-refractivity contribution in [1.82, 2.24) is 5.32 Å². The van der Waals surface area contributed by atoms with E-state index in [4.69, 9.17) is 4.74 Å². The molecular formula is C18H25NO3. The molecule has 2 rings (SSSR count). The maximum atomic E-state index is 12.7. The number of hydrogen-bond acceptors (Lipinski definition) is 3. The van der Waals surface area contributed by atoms with Crippen molar-refractivity contribution in [1.29, 1.82) is 0 Å². The van der Waals surface area contributed by atoms with E-state index >= 15 is 0 Å². The first-order valence-corrected chi connectivity index (χ1v) is 7.84. The van der Waals surface area contributed by atoms with Crippen LogP contribution in [0.3, 0.4) is 0 Å². The number of esters is 1. The summed E-state index contributed by atoms with van der Waals surface area (Å²) in [5, 5.41) is 2.98. The molecule has 0 spiro atoms. The normalized spacial score (nSPS) is 19.6. The van der Waals surface area contributed by atoms with Crippen LogP contribution in [0.25, 0.3) is 0 Å². The molecule has 1 aliphatic carbocycles. The highest BCUT2D eigenvalue weighted by molar-refractivity contribution is 6.04. The molecule has 1 aromatic rings. The van der Waals surface area contributed by atoms with E-state index in [1.807, 2.05) is 37.3 Å². The Morgan fingerprint density at radius 2 is 1.82 bits per heavy atom. The number of nitrogens with one attached hydrogen (secondary N) is 1. The second-order valence-electron chi connectivity index (χ2n) is 6.93. The van der Waals surface area contributed by atoms with Crippen LogP contribution in [0.15, 0.2) is 30.3 Å². The first-order chi connectivity index (χ1) is 10.3. The number of ether oxygens (including phenoxy) is 1. The molecular weight excluding hydrogens is 278 g/mol. The lowest BCUT2D eigenvalue weighted by Crippen LogP contribution is -2.58. The number of carbonyl (C=O) groups is 2. The lowest BCUT2D eigenvalue weighted by molar-refractivity contribution is -0.176. The van der Waals surface area contributed by atoms with Crippen LogP contribution in [0, 0.1) is 10.8 Å². The summed E-state index contributed by atoms with van der Waals surface area (Å²) in [6.07, 6.45) is 1.07. The third-order valence-electron chi connectivity index (χ3n) is 4.31.